The zero-order valence-electron chi connectivity index (χ0n) is 10.2. The smallest absolute Gasteiger partial charge is 0.356 e. The Morgan fingerprint density at radius 2 is 2.32 bits per heavy atom. The molecule has 0 fully saturated rings. The Morgan fingerprint density at radius 3 is 2.89 bits per heavy atom. The van der Waals surface area contributed by atoms with Crippen molar-refractivity contribution in [3.8, 4) is 11.8 Å². The maximum atomic E-state index is 10.7. The first-order valence-corrected chi connectivity index (χ1v) is 5.48. The van der Waals surface area contributed by atoms with Crippen molar-refractivity contribution in [3.63, 3.8) is 0 Å². The number of nitriles is 1. The molecule has 0 radical (unpaired) electrons. The SMILES string of the molecule is COc1cc(Cn2ccc(C(=O)O)n2)ccc1C#N. The van der Waals surface area contributed by atoms with E-state index in [1.165, 1.54) is 17.9 Å². The van der Waals surface area contributed by atoms with Gasteiger partial charge in [0.2, 0.25) is 0 Å². The van der Waals surface area contributed by atoms with E-state index in [1.54, 1.807) is 24.4 Å². The number of aromatic carboxylic acids is 1. The summed E-state index contributed by atoms with van der Waals surface area (Å²) in [6, 6.07) is 8.65. The number of carbonyl (C=O) groups is 1. The predicted octanol–water partition coefficient (Wildman–Crippen LogP) is 1.51. The van der Waals surface area contributed by atoms with E-state index >= 15 is 0 Å². The first kappa shape index (κ1) is 12.6. The van der Waals surface area contributed by atoms with Crippen molar-refractivity contribution < 1.29 is 14.6 Å². The van der Waals surface area contributed by atoms with Crippen molar-refractivity contribution in [1.29, 1.82) is 5.26 Å². The molecule has 1 aromatic heterocycles. The minimum Gasteiger partial charge on any atom is -0.495 e. The van der Waals surface area contributed by atoms with Crippen molar-refractivity contribution in [3.05, 3.63) is 47.3 Å². The summed E-state index contributed by atoms with van der Waals surface area (Å²) in [5, 5.41) is 21.6. The molecule has 0 amide bonds. The Kier molecular flexibility index (Phi) is 3.48. The lowest BCUT2D eigenvalue weighted by atomic mass is 10.1. The normalized spacial score (nSPS) is 9.89. The van der Waals surface area contributed by atoms with Crippen LogP contribution in [-0.4, -0.2) is 28.0 Å². The van der Waals surface area contributed by atoms with Crippen molar-refractivity contribution >= 4 is 5.97 Å². The third-order valence-corrected chi connectivity index (χ3v) is 2.59. The lowest BCUT2D eigenvalue weighted by Gasteiger charge is -2.06. The Balaban J connectivity index is 2.23. The van der Waals surface area contributed by atoms with Crippen LogP contribution in [0.15, 0.2) is 30.5 Å². The zero-order valence-corrected chi connectivity index (χ0v) is 10.2. The van der Waals surface area contributed by atoms with Crippen LogP contribution in [0, 0.1) is 11.3 Å². The van der Waals surface area contributed by atoms with E-state index in [-0.39, 0.29) is 5.69 Å². The van der Waals surface area contributed by atoms with Crippen LogP contribution in [0.5, 0.6) is 5.75 Å². The second kappa shape index (κ2) is 5.23. The highest BCUT2D eigenvalue weighted by atomic mass is 16.5. The monoisotopic (exact) mass is 257 g/mol. The van der Waals surface area contributed by atoms with E-state index in [1.807, 2.05) is 6.07 Å². The number of nitrogens with zero attached hydrogens (tertiary/aromatic N) is 3. The van der Waals surface area contributed by atoms with Crippen LogP contribution in [0.1, 0.15) is 21.6 Å². The van der Waals surface area contributed by atoms with E-state index in [9.17, 15) is 4.79 Å². The molecule has 1 heterocycles. The molecular formula is C13H11N3O3. The largest absolute Gasteiger partial charge is 0.495 e. The van der Waals surface area contributed by atoms with Gasteiger partial charge in [-0.05, 0) is 23.8 Å². The number of hydrogen-bond acceptors (Lipinski definition) is 4. The van der Waals surface area contributed by atoms with Gasteiger partial charge in [0, 0.05) is 6.20 Å². The average Bonchev–Trinajstić information content (AvgIpc) is 2.87. The summed E-state index contributed by atoms with van der Waals surface area (Å²) in [6.07, 6.45) is 1.59. The van der Waals surface area contributed by atoms with Gasteiger partial charge >= 0.3 is 5.97 Å². The molecule has 0 spiro atoms. The second-order valence-electron chi connectivity index (χ2n) is 3.85. The minimum atomic E-state index is -1.06. The fraction of sp³-hybridized carbons (Fsp3) is 0.154. The first-order chi connectivity index (χ1) is 9.13. The standard InChI is InChI=1S/C13H11N3O3/c1-19-12-6-9(2-3-10(12)7-14)8-16-5-4-11(15-16)13(17)18/h2-6H,8H2,1H3,(H,17,18). The fourth-order valence-corrected chi connectivity index (χ4v) is 1.68. The highest BCUT2D eigenvalue weighted by Gasteiger charge is 2.08. The topological polar surface area (TPSA) is 88.1 Å². The number of hydrogen-bond donors (Lipinski definition) is 1. The molecule has 19 heavy (non-hydrogen) atoms. The Labute approximate surface area is 109 Å². The maximum Gasteiger partial charge on any atom is 0.356 e. The van der Waals surface area contributed by atoms with Crippen molar-refractivity contribution in [1.82, 2.24) is 9.78 Å². The van der Waals surface area contributed by atoms with E-state index in [4.69, 9.17) is 15.1 Å². The minimum absolute atomic E-state index is 0.000565. The zero-order chi connectivity index (χ0) is 13.8. The van der Waals surface area contributed by atoms with Gasteiger partial charge in [0.15, 0.2) is 5.69 Å². The predicted molar refractivity (Wildman–Crippen MR) is 66.0 cm³/mol. The summed E-state index contributed by atoms with van der Waals surface area (Å²) < 4.78 is 6.63. The van der Waals surface area contributed by atoms with Crippen LogP contribution in [0.25, 0.3) is 0 Å². The summed E-state index contributed by atoms with van der Waals surface area (Å²) in [5.74, 6) is -0.568. The highest BCUT2D eigenvalue weighted by Crippen LogP contribution is 2.19. The molecular weight excluding hydrogens is 246 g/mol. The van der Waals surface area contributed by atoms with Gasteiger partial charge in [-0.1, -0.05) is 6.07 Å². The molecule has 2 aromatic rings. The quantitative estimate of drug-likeness (QED) is 0.896. The van der Waals surface area contributed by atoms with E-state index in [0.29, 0.717) is 17.9 Å². The molecule has 0 unspecified atom stereocenters. The summed E-state index contributed by atoms with van der Waals surface area (Å²) in [6.45, 7) is 0.412. The van der Waals surface area contributed by atoms with Gasteiger partial charge in [0.05, 0.1) is 19.2 Å². The molecule has 1 N–H and O–H groups in total. The molecule has 96 valence electrons. The number of methoxy groups -OCH3 is 1. The highest BCUT2D eigenvalue weighted by molar-refractivity contribution is 5.85. The molecule has 0 atom stereocenters. The van der Waals surface area contributed by atoms with Crippen molar-refractivity contribution in [2.75, 3.05) is 7.11 Å². The van der Waals surface area contributed by atoms with Crippen LogP contribution in [-0.2, 0) is 6.54 Å². The van der Waals surface area contributed by atoms with Gasteiger partial charge < -0.3 is 9.84 Å². The molecule has 6 nitrogen and oxygen atoms in total. The van der Waals surface area contributed by atoms with Crippen molar-refractivity contribution in [2.24, 2.45) is 0 Å². The van der Waals surface area contributed by atoms with Gasteiger partial charge in [0.1, 0.15) is 11.8 Å². The van der Waals surface area contributed by atoms with Crippen LogP contribution in [0.4, 0.5) is 0 Å². The van der Waals surface area contributed by atoms with Gasteiger partial charge in [0.25, 0.3) is 0 Å². The maximum absolute atomic E-state index is 10.7. The Morgan fingerprint density at radius 1 is 1.53 bits per heavy atom. The van der Waals surface area contributed by atoms with Gasteiger partial charge in [-0.3, -0.25) is 4.68 Å². The summed E-state index contributed by atoms with van der Waals surface area (Å²) in [4.78, 5) is 10.7. The average molecular weight is 257 g/mol. The lowest BCUT2D eigenvalue weighted by molar-refractivity contribution is 0.0689. The van der Waals surface area contributed by atoms with Gasteiger partial charge in [-0.25, -0.2) is 4.79 Å². The van der Waals surface area contributed by atoms with Crippen LogP contribution >= 0.6 is 0 Å². The second-order valence-corrected chi connectivity index (χ2v) is 3.85. The van der Waals surface area contributed by atoms with Crippen LogP contribution in [0.3, 0.4) is 0 Å². The third kappa shape index (κ3) is 2.72. The summed E-state index contributed by atoms with van der Waals surface area (Å²) >= 11 is 0. The number of carboxylic acid groups (broad SMARTS) is 1. The molecule has 0 bridgehead atoms. The molecule has 0 aliphatic carbocycles. The number of aromatic nitrogens is 2. The van der Waals surface area contributed by atoms with Gasteiger partial charge in [-0.15, -0.1) is 0 Å². The third-order valence-electron chi connectivity index (χ3n) is 2.59. The molecule has 0 aliphatic rings. The van der Waals surface area contributed by atoms with Crippen LogP contribution < -0.4 is 4.74 Å². The number of benzene rings is 1. The Hall–Kier alpha value is -2.81. The molecule has 2 rings (SSSR count). The van der Waals surface area contributed by atoms with Crippen molar-refractivity contribution in [2.45, 2.75) is 6.54 Å². The number of ether oxygens (including phenoxy) is 1. The first-order valence-electron chi connectivity index (χ1n) is 5.48. The summed E-state index contributed by atoms with van der Waals surface area (Å²) in [5.41, 5.74) is 1.33. The van der Waals surface area contributed by atoms with E-state index in [0.717, 1.165) is 5.56 Å². The lowest BCUT2D eigenvalue weighted by Crippen LogP contribution is -2.04. The molecule has 0 aliphatic heterocycles. The number of rotatable bonds is 4. The van der Waals surface area contributed by atoms with E-state index in [2.05, 4.69) is 5.10 Å². The van der Waals surface area contributed by atoms with E-state index < -0.39 is 5.97 Å². The molecule has 6 heteroatoms. The van der Waals surface area contributed by atoms with Gasteiger partial charge in [-0.2, -0.15) is 10.4 Å². The molecule has 1 aromatic carbocycles. The van der Waals surface area contributed by atoms with Crippen LogP contribution in [0.2, 0.25) is 0 Å². The fourth-order valence-electron chi connectivity index (χ4n) is 1.68. The number of carboxylic acids is 1. The summed E-state index contributed by atoms with van der Waals surface area (Å²) in [7, 11) is 1.50. The molecule has 0 saturated carbocycles. The Bertz CT molecular complexity index is 655. The molecule has 0 saturated heterocycles.